The fourth-order valence-corrected chi connectivity index (χ4v) is 3.71. The fraction of sp³-hybridized carbons (Fsp3) is 0.222. The Labute approximate surface area is 168 Å². The van der Waals surface area contributed by atoms with Crippen LogP contribution in [0, 0.1) is 6.92 Å². The van der Waals surface area contributed by atoms with Crippen LogP contribution in [0.25, 0.3) is 0 Å². The van der Waals surface area contributed by atoms with Crippen LogP contribution < -0.4 is 0 Å². The first kappa shape index (κ1) is 20.0. The predicted molar refractivity (Wildman–Crippen MR) is 101 cm³/mol. The molecule has 2 aromatic carbocycles. The zero-order valence-corrected chi connectivity index (χ0v) is 16.2. The summed E-state index contributed by atoms with van der Waals surface area (Å²) < 4.78 is 41.9. The highest BCUT2D eigenvalue weighted by molar-refractivity contribution is 7.97. The maximum Gasteiger partial charge on any atom is 0.435 e. The van der Waals surface area contributed by atoms with E-state index in [1.54, 1.807) is 13.0 Å². The molecule has 1 heterocycles. The van der Waals surface area contributed by atoms with Crippen molar-refractivity contribution in [1.29, 1.82) is 0 Å². The molecule has 0 bridgehead atoms. The third-order valence-corrected chi connectivity index (χ3v) is 4.98. The molecule has 0 aliphatic carbocycles. The number of aryl methyl sites for hydroxylation is 1. The second-order valence-electron chi connectivity index (χ2n) is 6.12. The van der Waals surface area contributed by atoms with Crippen LogP contribution in [-0.2, 0) is 10.4 Å². The molecule has 1 atom stereocenters. The van der Waals surface area contributed by atoms with Gasteiger partial charge in [0.25, 0.3) is 5.60 Å². The molecule has 1 aliphatic rings. The van der Waals surface area contributed by atoms with E-state index in [-0.39, 0.29) is 21.3 Å². The summed E-state index contributed by atoms with van der Waals surface area (Å²) in [5, 5.41) is 3.38. The van der Waals surface area contributed by atoms with Crippen LogP contribution in [0.15, 0.2) is 41.6 Å². The molecule has 1 unspecified atom stereocenters. The minimum Gasteiger partial charge on any atom is -0.374 e. The van der Waals surface area contributed by atoms with Crippen LogP contribution in [0.5, 0.6) is 0 Å². The number of thiol groups is 1. The topological polar surface area (TPSA) is 38.7 Å². The first-order valence-electron chi connectivity index (χ1n) is 7.66. The maximum atomic E-state index is 14.0. The van der Waals surface area contributed by atoms with E-state index in [0.29, 0.717) is 16.7 Å². The maximum absolute atomic E-state index is 14.0. The van der Waals surface area contributed by atoms with Crippen molar-refractivity contribution >= 4 is 46.7 Å². The molecule has 0 amide bonds. The van der Waals surface area contributed by atoms with Crippen LogP contribution >= 0.6 is 35.8 Å². The average molecular weight is 434 g/mol. The number of nitrogens with zero attached hydrogens (tertiary/aromatic N) is 1. The number of hydrogen-bond acceptors (Lipinski definition) is 3. The van der Waals surface area contributed by atoms with E-state index in [0.717, 1.165) is 12.1 Å². The molecule has 1 aliphatic heterocycles. The molecule has 0 fully saturated rings. The van der Waals surface area contributed by atoms with Crippen molar-refractivity contribution in [3.63, 3.8) is 0 Å². The van der Waals surface area contributed by atoms with Gasteiger partial charge in [0.1, 0.15) is 0 Å². The van der Waals surface area contributed by atoms with E-state index in [2.05, 4.69) is 17.8 Å². The lowest BCUT2D eigenvalue weighted by Gasteiger charge is -2.29. The number of rotatable bonds is 3. The smallest absolute Gasteiger partial charge is 0.374 e. The third-order valence-electron chi connectivity index (χ3n) is 4.30. The van der Waals surface area contributed by atoms with E-state index in [1.165, 1.54) is 18.2 Å². The van der Waals surface area contributed by atoms with Gasteiger partial charge in [-0.2, -0.15) is 13.2 Å². The zero-order chi connectivity index (χ0) is 20.0. The number of hydrogen-bond donors (Lipinski definition) is 1. The summed E-state index contributed by atoms with van der Waals surface area (Å²) in [6.45, 7) is 1.66. The van der Waals surface area contributed by atoms with E-state index in [4.69, 9.17) is 28.0 Å². The molecule has 0 saturated carbocycles. The summed E-state index contributed by atoms with van der Waals surface area (Å²) in [5.41, 5.74) is -1.46. The van der Waals surface area contributed by atoms with Crippen molar-refractivity contribution in [2.75, 3.05) is 0 Å². The van der Waals surface area contributed by atoms with Crippen molar-refractivity contribution in [2.45, 2.75) is 25.1 Å². The van der Waals surface area contributed by atoms with Gasteiger partial charge in [0, 0.05) is 27.6 Å². The molecule has 0 spiro atoms. The standard InChI is InChI=1S/C18H12Cl2F3NO2S/c1-9-4-10(2-3-14(9)16(25)27)15-8-17(26-24-15,18(21,22)23)11-5-12(19)7-13(20)6-11/h2-7H,8H2,1H3,(H,25,27). The van der Waals surface area contributed by atoms with Gasteiger partial charge >= 0.3 is 6.18 Å². The molecule has 9 heteroatoms. The minimum absolute atomic E-state index is 0.0608. The van der Waals surface area contributed by atoms with Crippen LogP contribution in [0.1, 0.15) is 33.5 Å². The van der Waals surface area contributed by atoms with Crippen LogP contribution in [0.3, 0.4) is 0 Å². The summed E-state index contributed by atoms with van der Waals surface area (Å²) in [5.74, 6) is 0. The van der Waals surface area contributed by atoms with Gasteiger partial charge in [-0.3, -0.25) is 4.79 Å². The van der Waals surface area contributed by atoms with E-state index in [1.807, 2.05) is 0 Å². The lowest BCUT2D eigenvalue weighted by molar-refractivity contribution is -0.275. The van der Waals surface area contributed by atoms with Crippen molar-refractivity contribution in [2.24, 2.45) is 5.16 Å². The summed E-state index contributed by atoms with van der Waals surface area (Å²) in [7, 11) is 0. The average Bonchev–Trinajstić information content (AvgIpc) is 3.00. The van der Waals surface area contributed by atoms with E-state index < -0.39 is 23.3 Å². The highest BCUT2D eigenvalue weighted by Gasteiger charge is 2.62. The van der Waals surface area contributed by atoms with Crippen LogP contribution in [0.4, 0.5) is 13.2 Å². The monoisotopic (exact) mass is 433 g/mol. The molecular formula is C18H12Cl2F3NO2S. The van der Waals surface area contributed by atoms with Crippen molar-refractivity contribution in [1.82, 2.24) is 0 Å². The second kappa shape index (κ2) is 7.04. The number of benzene rings is 2. The summed E-state index contributed by atoms with van der Waals surface area (Å²) in [6, 6.07) is 8.23. The molecule has 3 rings (SSSR count). The normalized spacial score (nSPS) is 19.6. The fourth-order valence-electron chi connectivity index (χ4n) is 2.93. The second-order valence-corrected chi connectivity index (χ2v) is 7.40. The first-order valence-corrected chi connectivity index (χ1v) is 8.86. The summed E-state index contributed by atoms with van der Waals surface area (Å²) in [4.78, 5) is 16.4. The Kier molecular flexibility index (Phi) is 5.22. The Morgan fingerprint density at radius 2 is 1.81 bits per heavy atom. The highest BCUT2D eigenvalue weighted by Crippen LogP contribution is 2.49. The highest BCUT2D eigenvalue weighted by atomic mass is 35.5. The van der Waals surface area contributed by atoms with Gasteiger partial charge in [0.05, 0.1) is 5.71 Å². The van der Waals surface area contributed by atoms with Gasteiger partial charge in [-0.15, -0.1) is 12.6 Å². The Bertz CT molecular complexity index is 942. The third kappa shape index (κ3) is 3.68. The quantitative estimate of drug-likeness (QED) is 0.606. The van der Waals surface area contributed by atoms with Crippen molar-refractivity contribution in [3.8, 4) is 0 Å². The number of oxime groups is 1. The van der Waals surface area contributed by atoms with E-state index >= 15 is 0 Å². The molecule has 0 N–H and O–H groups in total. The Morgan fingerprint density at radius 1 is 1.19 bits per heavy atom. The molecule has 0 radical (unpaired) electrons. The molecule has 142 valence electrons. The molecule has 0 aromatic heterocycles. The summed E-state index contributed by atoms with van der Waals surface area (Å²) in [6.07, 6.45) is -5.32. The first-order chi connectivity index (χ1) is 12.5. The molecule has 27 heavy (non-hydrogen) atoms. The number of carbonyl (C=O) groups is 1. The van der Waals surface area contributed by atoms with Gasteiger partial charge < -0.3 is 4.84 Å². The largest absolute Gasteiger partial charge is 0.435 e. The Morgan fingerprint density at radius 3 is 2.33 bits per heavy atom. The minimum atomic E-state index is -4.76. The zero-order valence-electron chi connectivity index (χ0n) is 13.8. The molecule has 2 aromatic rings. The SMILES string of the molecule is Cc1cc(C2=NOC(c3cc(Cl)cc(Cl)c3)(C(F)(F)F)C2)ccc1C(=O)S. The van der Waals surface area contributed by atoms with Crippen LogP contribution in [0.2, 0.25) is 10.0 Å². The predicted octanol–water partition coefficient (Wildman–Crippen LogP) is 5.95. The lowest BCUT2D eigenvalue weighted by atomic mass is 9.86. The van der Waals surface area contributed by atoms with Gasteiger partial charge in [-0.1, -0.05) is 34.4 Å². The van der Waals surface area contributed by atoms with Gasteiger partial charge in [0.2, 0.25) is 5.12 Å². The number of alkyl halides is 3. The van der Waals surface area contributed by atoms with Crippen molar-refractivity contribution < 1.29 is 22.8 Å². The van der Waals surface area contributed by atoms with Gasteiger partial charge in [-0.05, 0) is 48.4 Å². The van der Waals surface area contributed by atoms with Gasteiger partial charge in [-0.25, -0.2) is 0 Å². The van der Waals surface area contributed by atoms with E-state index in [9.17, 15) is 18.0 Å². The van der Waals surface area contributed by atoms with Crippen molar-refractivity contribution in [3.05, 3.63) is 68.7 Å². The number of halogens is 5. The molecular weight excluding hydrogens is 422 g/mol. The number of carbonyl (C=O) groups excluding carboxylic acids is 1. The summed E-state index contributed by atoms with van der Waals surface area (Å²) >= 11 is 15.5. The Balaban J connectivity index is 2.02. The van der Waals surface area contributed by atoms with Crippen LogP contribution in [-0.4, -0.2) is 17.0 Å². The Hall–Kier alpha value is -1.70. The van der Waals surface area contributed by atoms with Gasteiger partial charge in [0.15, 0.2) is 0 Å². The lowest BCUT2D eigenvalue weighted by Crippen LogP contribution is -2.42. The molecule has 0 saturated heterocycles. The molecule has 3 nitrogen and oxygen atoms in total.